The molecule has 2 aromatic carbocycles. The Hall–Kier alpha value is -2.64. The Kier molecular flexibility index (Phi) is 8.04. The van der Waals surface area contributed by atoms with Crippen LogP contribution in [0.3, 0.4) is 0 Å². The number of anilines is 1. The van der Waals surface area contributed by atoms with Gasteiger partial charge in [0.2, 0.25) is 6.17 Å². The minimum absolute atomic E-state index is 0.496. The van der Waals surface area contributed by atoms with Gasteiger partial charge in [-0.3, -0.25) is 0 Å². The van der Waals surface area contributed by atoms with Gasteiger partial charge in [0.25, 0.3) is 0 Å². The van der Waals surface area contributed by atoms with E-state index in [-0.39, 0.29) is 0 Å². The Morgan fingerprint density at radius 2 is 1.57 bits per heavy atom. The molecule has 1 unspecified atom stereocenters. The van der Waals surface area contributed by atoms with Crippen LogP contribution in [0.4, 0.5) is 17.2 Å². The van der Waals surface area contributed by atoms with Gasteiger partial charge in [0.1, 0.15) is 0 Å². The Morgan fingerprint density at radius 1 is 0.900 bits per heavy atom. The molecule has 0 bridgehead atoms. The predicted molar refractivity (Wildman–Crippen MR) is 125 cm³/mol. The number of aromatic nitrogens is 1. The molecule has 0 saturated heterocycles. The van der Waals surface area contributed by atoms with Crippen LogP contribution in [0.5, 0.6) is 0 Å². The summed E-state index contributed by atoms with van der Waals surface area (Å²) in [5.41, 5.74) is 2.75. The Balaban J connectivity index is 1.82. The minimum Gasteiger partial charge on any atom is -0.372 e. The van der Waals surface area contributed by atoms with Crippen molar-refractivity contribution in [1.29, 1.82) is 0 Å². The SMILES string of the molecule is CCN(CC)c1ccc(N=NC(N=Nc2ccc(Br)cn2)c2ccc(Cl)cc2)cc1. The van der Waals surface area contributed by atoms with Crippen LogP contribution in [-0.4, -0.2) is 18.1 Å². The number of pyridine rings is 1. The summed E-state index contributed by atoms with van der Waals surface area (Å²) in [5.74, 6) is 0.496. The minimum atomic E-state index is -0.602. The molecule has 1 aromatic heterocycles. The van der Waals surface area contributed by atoms with Crippen LogP contribution in [0.1, 0.15) is 25.6 Å². The lowest BCUT2D eigenvalue weighted by Gasteiger charge is -2.20. The fraction of sp³-hybridized carbons (Fsp3) is 0.227. The van der Waals surface area contributed by atoms with Gasteiger partial charge in [0, 0.05) is 40.0 Å². The molecule has 3 aromatic rings. The zero-order valence-corrected chi connectivity index (χ0v) is 19.1. The summed E-state index contributed by atoms with van der Waals surface area (Å²) < 4.78 is 0.878. The highest BCUT2D eigenvalue weighted by molar-refractivity contribution is 9.10. The van der Waals surface area contributed by atoms with Crippen molar-refractivity contribution in [2.45, 2.75) is 20.0 Å². The summed E-state index contributed by atoms with van der Waals surface area (Å²) in [6, 6.07) is 18.9. The molecule has 30 heavy (non-hydrogen) atoms. The molecule has 0 fully saturated rings. The first kappa shape index (κ1) is 22.1. The molecule has 3 rings (SSSR count). The van der Waals surface area contributed by atoms with Gasteiger partial charge < -0.3 is 4.90 Å². The van der Waals surface area contributed by atoms with E-state index in [9.17, 15) is 0 Å². The lowest BCUT2D eigenvalue weighted by Crippen LogP contribution is -2.21. The zero-order chi connectivity index (χ0) is 21.3. The first-order valence-electron chi connectivity index (χ1n) is 9.62. The number of rotatable bonds is 8. The molecular formula is C22H22BrClN6. The lowest BCUT2D eigenvalue weighted by molar-refractivity contribution is 0.687. The first-order chi connectivity index (χ1) is 14.6. The van der Waals surface area contributed by atoms with Gasteiger partial charge in [-0.2, -0.15) is 15.3 Å². The highest BCUT2D eigenvalue weighted by atomic mass is 79.9. The predicted octanol–water partition coefficient (Wildman–Crippen LogP) is 7.91. The molecule has 6 nitrogen and oxygen atoms in total. The van der Waals surface area contributed by atoms with Gasteiger partial charge in [0.05, 0.1) is 5.69 Å². The molecule has 154 valence electrons. The molecule has 0 radical (unpaired) electrons. The monoisotopic (exact) mass is 484 g/mol. The van der Waals surface area contributed by atoms with Crippen molar-refractivity contribution in [2.24, 2.45) is 20.5 Å². The van der Waals surface area contributed by atoms with E-state index < -0.39 is 6.17 Å². The highest BCUT2D eigenvalue weighted by Gasteiger charge is 2.10. The fourth-order valence-electron chi connectivity index (χ4n) is 2.77. The lowest BCUT2D eigenvalue weighted by atomic mass is 10.2. The van der Waals surface area contributed by atoms with Crippen LogP contribution in [0.2, 0.25) is 5.02 Å². The maximum atomic E-state index is 6.01. The number of hydrogen-bond acceptors (Lipinski definition) is 6. The van der Waals surface area contributed by atoms with E-state index in [2.05, 4.69) is 60.1 Å². The van der Waals surface area contributed by atoms with Gasteiger partial charge in [-0.05, 0) is 78.3 Å². The van der Waals surface area contributed by atoms with Crippen molar-refractivity contribution in [3.63, 3.8) is 0 Å². The van der Waals surface area contributed by atoms with Crippen molar-refractivity contribution < 1.29 is 0 Å². The molecule has 8 heteroatoms. The van der Waals surface area contributed by atoms with E-state index in [1.165, 1.54) is 0 Å². The fourth-order valence-corrected chi connectivity index (χ4v) is 3.13. The molecule has 1 atom stereocenters. The summed E-state index contributed by atoms with van der Waals surface area (Å²) in [6.45, 7) is 6.19. The summed E-state index contributed by atoms with van der Waals surface area (Å²) in [5, 5.41) is 18.0. The van der Waals surface area contributed by atoms with Gasteiger partial charge in [-0.15, -0.1) is 5.11 Å². The number of halogens is 2. The Labute approximate surface area is 189 Å². The summed E-state index contributed by atoms with van der Waals surface area (Å²) in [7, 11) is 0. The Bertz CT molecular complexity index is 984. The number of azo groups is 2. The quantitative estimate of drug-likeness (QED) is 0.304. The van der Waals surface area contributed by atoms with Crippen LogP contribution < -0.4 is 4.90 Å². The molecule has 0 N–H and O–H groups in total. The summed E-state index contributed by atoms with van der Waals surface area (Å²) >= 11 is 9.37. The smallest absolute Gasteiger partial charge is 0.206 e. The second-order valence-corrected chi connectivity index (χ2v) is 7.73. The number of hydrogen-bond donors (Lipinski definition) is 0. The molecule has 0 aliphatic carbocycles. The third-order valence-electron chi connectivity index (χ3n) is 4.41. The average Bonchev–Trinajstić information content (AvgIpc) is 2.77. The van der Waals surface area contributed by atoms with Gasteiger partial charge >= 0.3 is 0 Å². The molecule has 1 heterocycles. The van der Waals surface area contributed by atoms with Crippen molar-refractivity contribution in [1.82, 2.24) is 4.98 Å². The molecule has 0 saturated carbocycles. The van der Waals surface area contributed by atoms with Gasteiger partial charge in [-0.1, -0.05) is 23.7 Å². The normalized spacial score (nSPS) is 12.5. The average molecular weight is 486 g/mol. The van der Waals surface area contributed by atoms with Crippen molar-refractivity contribution in [3.05, 3.63) is 81.9 Å². The largest absolute Gasteiger partial charge is 0.372 e. The number of nitrogens with zero attached hydrogens (tertiary/aromatic N) is 6. The first-order valence-corrected chi connectivity index (χ1v) is 10.8. The summed E-state index contributed by atoms with van der Waals surface area (Å²) in [4.78, 5) is 6.49. The Morgan fingerprint density at radius 3 is 2.17 bits per heavy atom. The van der Waals surface area contributed by atoms with Crippen LogP contribution >= 0.6 is 27.5 Å². The zero-order valence-electron chi connectivity index (χ0n) is 16.8. The molecule has 0 spiro atoms. The topological polar surface area (TPSA) is 65.6 Å². The standard InChI is InChI=1S/C22H22BrClN6/c1-3-30(4-2)20-12-10-19(11-13-20)26-28-22(16-5-8-18(24)9-6-16)29-27-21-14-7-17(23)15-25-21/h5-15,22H,3-4H2,1-2H3. The molecular weight excluding hydrogens is 464 g/mol. The van der Waals surface area contributed by atoms with Crippen molar-refractivity contribution >= 4 is 44.7 Å². The maximum absolute atomic E-state index is 6.01. The van der Waals surface area contributed by atoms with E-state index in [4.69, 9.17) is 11.6 Å². The third-order valence-corrected chi connectivity index (χ3v) is 5.13. The third kappa shape index (κ3) is 6.18. The molecule has 0 aliphatic rings. The molecule has 0 amide bonds. The van der Waals surface area contributed by atoms with E-state index in [1.54, 1.807) is 24.4 Å². The number of benzene rings is 2. The van der Waals surface area contributed by atoms with E-state index >= 15 is 0 Å². The second kappa shape index (κ2) is 10.9. The van der Waals surface area contributed by atoms with E-state index in [0.29, 0.717) is 10.8 Å². The summed E-state index contributed by atoms with van der Waals surface area (Å²) in [6.07, 6.45) is 1.07. The van der Waals surface area contributed by atoms with Crippen LogP contribution in [-0.2, 0) is 0 Å². The maximum Gasteiger partial charge on any atom is 0.206 e. The van der Waals surface area contributed by atoms with Gasteiger partial charge in [-0.25, -0.2) is 4.98 Å². The second-order valence-electron chi connectivity index (χ2n) is 6.38. The van der Waals surface area contributed by atoms with E-state index in [0.717, 1.165) is 34.5 Å². The highest BCUT2D eigenvalue weighted by Crippen LogP contribution is 2.27. The van der Waals surface area contributed by atoms with Gasteiger partial charge in [0.15, 0.2) is 5.82 Å². The molecule has 0 aliphatic heterocycles. The van der Waals surface area contributed by atoms with Crippen LogP contribution in [0.25, 0.3) is 0 Å². The van der Waals surface area contributed by atoms with Crippen LogP contribution in [0, 0.1) is 0 Å². The van der Waals surface area contributed by atoms with Crippen molar-refractivity contribution in [3.8, 4) is 0 Å². The van der Waals surface area contributed by atoms with E-state index in [1.807, 2.05) is 42.5 Å². The van der Waals surface area contributed by atoms with Crippen LogP contribution in [0.15, 0.2) is 91.8 Å². The van der Waals surface area contributed by atoms with Crippen molar-refractivity contribution in [2.75, 3.05) is 18.0 Å².